The number of fused-ring (bicyclic) bond motifs is 1. The van der Waals surface area contributed by atoms with Gasteiger partial charge in [-0.15, -0.1) is 0 Å². The van der Waals surface area contributed by atoms with Crippen LogP contribution >= 0.6 is 0 Å². The van der Waals surface area contributed by atoms with Gasteiger partial charge in [0.2, 0.25) is 0 Å². The van der Waals surface area contributed by atoms with E-state index in [0.29, 0.717) is 36.3 Å². The molecule has 1 aliphatic heterocycles. The van der Waals surface area contributed by atoms with Crippen molar-refractivity contribution in [3.8, 4) is 11.1 Å². The van der Waals surface area contributed by atoms with E-state index < -0.39 is 0 Å². The van der Waals surface area contributed by atoms with Crippen LogP contribution in [0.4, 0.5) is 11.4 Å². The van der Waals surface area contributed by atoms with Gasteiger partial charge in [-0.1, -0.05) is 66.7 Å². The number of carbonyl (C=O) groups is 2. The number of nitrogens with one attached hydrogen (secondary N) is 1. The summed E-state index contributed by atoms with van der Waals surface area (Å²) in [5.41, 5.74) is 5.57. The van der Waals surface area contributed by atoms with Crippen LogP contribution in [0.3, 0.4) is 0 Å². The number of nitrogens with zero attached hydrogens (tertiary/aromatic N) is 2. The molecule has 5 nitrogen and oxygen atoms in total. The molecule has 0 bridgehead atoms. The first kappa shape index (κ1) is 27.9. The van der Waals surface area contributed by atoms with Gasteiger partial charge in [0.1, 0.15) is 0 Å². The van der Waals surface area contributed by atoms with E-state index in [-0.39, 0.29) is 50.6 Å². The molecule has 1 atom stereocenters. The smallest absolute Gasteiger partial charge is 0.258 e. The van der Waals surface area contributed by atoms with Crippen molar-refractivity contribution in [1.29, 1.82) is 0 Å². The number of rotatable bonds is 5. The Morgan fingerprint density at radius 2 is 1.50 bits per heavy atom. The molecule has 1 N–H and O–H groups in total. The zero-order chi connectivity index (χ0) is 25.8. The van der Waals surface area contributed by atoms with Crippen molar-refractivity contribution in [2.24, 2.45) is 0 Å². The van der Waals surface area contributed by atoms with Crippen LogP contribution in [0.25, 0.3) is 11.1 Å². The van der Waals surface area contributed by atoms with Crippen molar-refractivity contribution >= 4 is 23.2 Å². The summed E-state index contributed by atoms with van der Waals surface area (Å²) in [5, 5.41) is 2.97. The van der Waals surface area contributed by atoms with Gasteiger partial charge in [0.15, 0.2) is 0 Å². The Morgan fingerprint density at radius 3 is 2.24 bits per heavy atom. The van der Waals surface area contributed by atoms with Crippen molar-refractivity contribution in [3.63, 3.8) is 0 Å². The molecule has 0 fully saturated rings. The van der Waals surface area contributed by atoms with Crippen LogP contribution in [0.1, 0.15) is 32.7 Å². The van der Waals surface area contributed by atoms with Crippen LogP contribution in [-0.2, 0) is 39.3 Å². The molecule has 5 rings (SSSR count). The predicted molar refractivity (Wildman–Crippen MR) is 149 cm³/mol. The van der Waals surface area contributed by atoms with Gasteiger partial charge in [-0.3, -0.25) is 16.6 Å². The van der Waals surface area contributed by atoms with Crippen molar-refractivity contribution < 1.29 is 42.3 Å². The Hall–Kier alpha value is -3.12. The van der Waals surface area contributed by atoms with Gasteiger partial charge < -0.3 is 22.0 Å². The van der Waals surface area contributed by atoms with Gasteiger partial charge in [0, 0.05) is 61.8 Å². The average molecular weight is 577 g/mol. The predicted octanol–water partition coefficient (Wildman–Crippen LogP) is 6.45. The second-order valence-electron chi connectivity index (χ2n) is 9.18. The van der Waals surface area contributed by atoms with Crippen LogP contribution in [0.5, 0.6) is 0 Å². The molecule has 6 heteroatoms. The molecule has 1 aliphatic rings. The van der Waals surface area contributed by atoms with E-state index in [2.05, 4.69) is 19.3 Å². The van der Waals surface area contributed by atoms with Gasteiger partial charge in [0.05, 0.1) is 0 Å². The number of hydrogen-bond acceptors (Lipinski definition) is 3. The van der Waals surface area contributed by atoms with Gasteiger partial charge >= 0.3 is 0 Å². The van der Waals surface area contributed by atoms with Gasteiger partial charge in [-0.2, -0.15) is 6.42 Å². The maximum atomic E-state index is 13.6. The number of carbonyl (C=O) groups excluding carboxylic acids is 2. The fourth-order valence-electron chi connectivity index (χ4n) is 4.75. The molecule has 1 heterocycles. The van der Waals surface area contributed by atoms with E-state index in [1.54, 1.807) is 24.3 Å². The molecule has 1 radical (unpaired) electrons. The molecule has 38 heavy (non-hydrogen) atoms. The molecule has 2 amide bonds. The summed E-state index contributed by atoms with van der Waals surface area (Å²) < 4.78 is 0. The Bertz CT molecular complexity index is 1410. The summed E-state index contributed by atoms with van der Waals surface area (Å²) in [4.78, 5) is 30.6. The average Bonchev–Trinajstić information content (AvgIpc) is 3.09. The summed E-state index contributed by atoms with van der Waals surface area (Å²) >= 11 is 0. The molecule has 0 aromatic heterocycles. The molecule has 1 unspecified atom stereocenters. The zero-order valence-corrected chi connectivity index (χ0v) is 24.1. The third-order valence-electron chi connectivity index (χ3n) is 6.79. The molecular weight excluding hydrogens is 547 g/mol. The molecule has 0 spiro atoms. The molecule has 0 saturated carbocycles. The van der Waals surface area contributed by atoms with Crippen LogP contribution in [0, 0.1) is 14.0 Å². The molecule has 4 aromatic carbocycles. The van der Waals surface area contributed by atoms with Gasteiger partial charge in [-0.05, 0) is 65.7 Å². The number of para-hydroxylation sites is 1. The Balaban J connectivity index is 0.00000336. The van der Waals surface area contributed by atoms with Crippen molar-refractivity contribution in [2.75, 3.05) is 16.8 Å². The third-order valence-corrected chi connectivity index (χ3v) is 6.79. The maximum absolute atomic E-state index is 13.6. The summed E-state index contributed by atoms with van der Waals surface area (Å²) in [6.07, 6.45) is 0.649. The first-order chi connectivity index (χ1) is 18.0. The molecule has 0 aliphatic carbocycles. The van der Waals surface area contributed by atoms with E-state index in [9.17, 15) is 9.59 Å². The Morgan fingerprint density at radius 1 is 0.842 bits per heavy atom. The van der Waals surface area contributed by atoms with Crippen LogP contribution < -0.4 is 10.2 Å². The minimum absolute atomic E-state index is 0. The molecule has 4 aromatic rings. The summed E-state index contributed by atoms with van der Waals surface area (Å²) in [6.45, 7) is 5.23. The fraction of sp³-hybridized carbons (Fsp3) is 0.125. The Labute approximate surface area is 249 Å². The summed E-state index contributed by atoms with van der Waals surface area (Å²) in [6, 6.07) is 32.4. The standard InChI is InChI=1S/C32H29N3O2.Y/c1-3-27-22-35(30-16-10-7-13-25(30)21-34(27)2)32(37)24-17-19-26(20-18-24)33-31(36)29-15-9-8-14-28(29)23-11-5-4-6-12-23;/h4-20,27H,1-3,21-22H2,(H,33,36);/q-2;. The van der Waals surface area contributed by atoms with Crippen molar-refractivity contribution in [3.05, 3.63) is 134 Å². The third kappa shape index (κ3) is 5.96. The minimum Gasteiger partial charge on any atom is -0.454 e. The van der Waals surface area contributed by atoms with Gasteiger partial charge in [0.25, 0.3) is 11.8 Å². The Kier molecular flexibility index (Phi) is 9.27. The summed E-state index contributed by atoms with van der Waals surface area (Å²) in [5.74, 6) is -0.290. The quantitative estimate of drug-likeness (QED) is 0.278. The van der Waals surface area contributed by atoms with Crippen molar-refractivity contribution in [1.82, 2.24) is 4.90 Å². The van der Waals surface area contributed by atoms with Crippen molar-refractivity contribution in [2.45, 2.75) is 19.0 Å². The first-order valence-electron chi connectivity index (χ1n) is 12.4. The van der Waals surface area contributed by atoms with Crippen LogP contribution in [0.2, 0.25) is 0 Å². The maximum Gasteiger partial charge on any atom is 0.258 e. The second kappa shape index (κ2) is 12.6. The number of anilines is 2. The normalized spacial score (nSPS) is 15.1. The van der Waals surface area contributed by atoms with E-state index in [1.807, 2.05) is 88.7 Å². The second-order valence-corrected chi connectivity index (χ2v) is 9.18. The largest absolute Gasteiger partial charge is 0.454 e. The first-order valence-corrected chi connectivity index (χ1v) is 12.4. The SMILES string of the molecule is [CH2-]CC1CN(C(=O)c2ccc(NC(=O)c3ccccc3-c3ccccc3)cc2)c2ccccc2CN1[CH2-].[Y]. The molecule has 189 valence electrons. The fourth-order valence-corrected chi connectivity index (χ4v) is 4.75. The monoisotopic (exact) mass is 576 g/mol. The van der Waals surface area contributed by atoms with Crippen LogP contribution in [-0.4, -0.2) is 29.3 Å². The molecular formula is C32H29N3O2Y-2. The van der Waals surface area contributed by atoms with Gasteiger partial charge in [-0.25, -0.2) is 0 Å². The number of amides is 2. The van der Waals surface area contributed by atoms with E-state index in [0.717, 1.165) is 22.4 Å². The van der Waals surface area contributed by atoms with Crippen LogP contribution in [0.15, 0.2) is 103 Å². The zero-order valence-electron chi connectivity index (χ0n) is 21.2. The molecule has 0 saturated heterocycles. The topological polar surface area (TPSA) is 52.7 Å². The van der Waals surface area contributed by atoms with E-state index in [1.165, 1.54) is 0 Å². The minimum atomic E-state index is -0.200. The van der Waals surface area contributed by atoms with E-state index >= 15 is 0 Å². The van der Waals surface area contributed by atoms with E-state index in [4.69, 9.17) is 0 Å². The summed E-state index contributed by atoms with van der Waals surface area (Å²) in [7, 11) is 4.18. The number of hydrogen-bond donors (Lipinski definition) is 1. The number of benzene rings is 4.